The Labute approximate surface area is 156 Å². The maximum atomic E-state index is 12.6. The predicted molar refractivity (Wildman–Crippen MR) is 102 cm³/mol. The number of carbonyl (C=O) groups is 1. The molecule has 0 saturated heterocycles. The van der Waals surface area contributed by atoms with Crippen LogP contribution in [0.2, 0.25) is 5.15 Å². The molecule has 0 radical (unpaired) electrons. The van der Waals surface area contributed by atoms with E-state index in [1.165, 1.54) is 0 Å². The minimum Gasteiger partial charge on any atom is -0.497 e. The van der Waals surface area contributed by atoms with Crippen molar-refractivity contribution in [2.75, 3.05) is 14.2 Å². The highest BCUT2D eigenvalue weighted by molar-refractivity contribution is 6.29. The average Bonchev–Trinajstić information content (AvgIpc) is 2.66. The number of hydrogen-bond acceptors (Lipinski definition) is 4. The van der Waals surface area contributed by atoms with Gasteiger partial charge < -0.3 is 14.8 Å². The van der Waals surface area contributed by atoms with Gasteiger partial charge in [-0.1, -0.05) is 11.6 Å². The lowest BCUT2D eigenvalue weighted by Gasteiger charge is -2.18. The van der Waals surface area contributed by atoms with Gasteiger partial charge in [-0.05, 0) is 49.4 Å². The molecule has 1 atom stereocenters. The molecule has 5 nitrogen and oxygen atoms in total. The average molecular weight is 371 g/mol. The number of halogens is 1. The fourth-order valence-corrected chi connectivity index (χ4v) is 2.93. The van der Waals surface area contributed by atoms with Gasteiger partial charge in [0.1, 0.15) is 16.7 Å². The van der Waals surface area contributed by atoms with Crippen LogP contribution in [0, 0.1) is 0 Å². The van der Waals surface area contributed by atoms with E-state index in [4.69, 9.17) is 21.1 Å². The van der Waals surface area contributed by atoms with Crippen LogP contribution < -0.4 is 14.8 Å². The molecule has 1 heterocycles. The lowest BCUT2D eigenvalue weighted by atomic mass is 10.1. The Balaban J connectivity index is 1.82. The van der Waals surface area contributed by atoms with Crippen molar-refractivity contribution in [2.24, 2.45) is 0 Å². The number of aromatic nitrogens is 1. The Hall–Kier alpha value is -2.79. The number of ether oxygens (including phenoxy) is 2. The fraction of sp³-hybridized carbons (Fsp3) is 0.200. The second-order valence-electron chi connectivity index (χ2n) is 5.84. The summed E-state index contributed by atoms with van der Waals surface area (Å²) < 4.78 is 10.6. The second kappa shape index (κ2) is 7.62. The van der Waals surface area contributed by atoms with E-state index in [1.807, 2.05) is 25.1 Å². The molecule has 0 aliphatic carbocycles. The summed E-state index contributed by atoms with van der Waals surface area (Å²) in [6.45, 7) is 1.91. The molecule has 3 aromatic rings. The van der Waals surface area contributed by atoms with Crippen molar-refractivity contribution in [1.82, 2.24) is 10.3 Å². The first-order chi connectivity index (χ1) is 12.5. The minimum absolute atomic E-state index is 0.174. The third kappa shape index (κ3) is 3.73. The van der Waals surface area contributed by atoms with Crippen molar-refractivity contribution < 1.29 is 14.3 Å². The molecule has 1 unspecified atom stereocenters. The lowest BCUT2D eigenvalue weighted by Crippen LogP contribution is -2.26. The Morgan fingerprint density at radius 2 is 1.88 bits per heavy atom. The Bertz CT molecular complexity index is 959. The zero-order valence-electron chi connectivity index (χ0n) is 14.7. The first kappa shape index (κ1) is 18.0. The summed E-state index contributed by atoms with van der Waals surface area (Å²) in [5.41, 5.74) is 2.18. The number of nitrogens with one attached hydrogen (secondary N) is 1. The van der Waals surface area contributed by atoms with Crippen molar-refractivity contribution in [3.8, 4) is 11.5 Å². The van der Waals surface area contributed by atoms with Crippen molar-refractivity contribution in [2.45, 2.75) is 13.0 Å². The van der Waals surface area contributed by atoms with Gasteiger partial charge in [-0.15, -0.1) is 0 Å². The van der Waals surface area contributed by atoms with E-state index in [0.717, 1.165) is 16.5 Å². The number of hydrogen-bond donors (Lipinski definition) is 1. The highest BCUT2D eigenvalue weighted by Gasteiger charge is 2.16. The van der Waals surface area contributed by atoms with E-state index in [0.29, 0.717) is 22.2 Å². The standard InChI is InChI=1S/C20H19ClN2O3/c1-12(16-7-6-15(25-2)11-18(16)26-3)22-20(24)14-4-8-17-13(10-14)5-9-19(21)23-17/h4-12H,1-3H3,(H,22,24). The Kier molecular flexibility index (Phi) is 5.28. The van der Waals surface area contributed by atoms with Crippen molar-refractivity contribution >= 4 is 28.4 Å². The molecule has 2 aromatic carbocycles. The topological polar surface area (TPSA) is 60.5 Å². The fourth-order valence-electron chi connectivity index (χ4n) is 2.78. The summed E-state index contributed by atoms with van der Waals surface area (Å²) in [4.78, 5) is 16.9. The molecule has 0 saturated carbocycles. The molecule has 6 heteroatoms. The predicted octanol–water partition coefficient (Wildman–Crippen LogP) is 4.40. The number of nitrogens with zero attached hydrogens (tertiary/aromatic N) is 1. The quantitative estimate of drug-likeness (QED) is 0.676. The van der Waals surface area contributed by atoms with Gasteiger partial charge in [0, 0.05) is 22.6 Å². The van der Waals surface area contributed by atoms with Crippen LogP contribution in [0.15, 0.2) is 48.5 Å². The van der Waals surface area contributed by atoms with Crippen LogP contribution in [0.4, 0.5) is 0 Å². The van der Waals surface area contributed by atoms with E-state index in [1.54, 1.807) is 44.6 Å². The van der Waals surface area contributed by atoms with Crippen LogP contribution in [0.25, 0.3) is 10.9 Å². The van der Waals surface area contributed by atoms with Crippen molar-refractivity contribution in [1.29, 1.82) is 0 Å². The van der Waals surface area contributed by atoms with Crippen LogP contribution in [0.5, 0.6) is 11.5 Å². The molecular formula is C20H19ClN2O3. The maximum absolute atomic E-state index is 12.6. The zero-order valence-corrected chi connectivity index (χ0v) is 15.5. The van der Waals surface area contributed by atoms with Crippen LogP contribution in [0.3, 0.4) is 0 Å². The highest BCUT2D eigenvalue weighted by Crippen LogP contribution is 2.29. The molecule has 0 fully saturated rings. The van der Waals surface area contributed by atoms with Gasteiger partial charge in [0.15, 0.2) is 0 Å². The van der Waals surface area contributed by atoms with E-state index >= 15 is 0 Å². The van der Waals surface area contributed by atoms with Gasteiger partial charge >= 0.3 is 0 Å². The van der Waals surface area contributed by atoms with E-state index in [2.05, 4.69) is 10.3 Å². The van der Waals surface area contributed by atoms with Crippen LogP contribution in [-0.4, -0.2) is 25.1 Å². The first-order valence-corrected chi connectivity index (χ1v) is 8.48. The van der Waals surface area contributed by atoms with Gasteiger partial charge in [-0.3, -0.25) is 4.79 Å². The van der Waals surface area contributed by atoms with Crippen LogP contribution in [-0.2, 0) is 0 Å². The Morgan fingerprint density at radius 3 is 2.62 bits per heavy atom. The normalized spacial score (nSPS) is 11.8. The molecular weight excluding hydrogens is 352 g/mol. The summed E-state index contributed by atoms with van der Waals surface area (Å²) in [6.07, 6.45) is 0. The number of amides is 1. The third-order valence-electron chi connectivity index (χ3n) is 4.17. The summed E-state index contributed by atoms with van der Waals surface area (Å²) in [5, 5.41) is 4.28. The minimum atomic E-state index is -0.234. The molecule has 0 spiro atoms. The lowest BCUT2D eigenvalue weighted by molar-refractivity contribution is 0.0939. The summed E-state index contributed by atoms with van der Waals surface area (Å²) >= 11 is 5.90. The third-order valence-corrected chi connectivity index (χ3v) is 4.38. The number of benzene rings is 2. The second-order valence-corrected chi connectivity index (χ2v) is 6.23. The molecule has 3 rings (SSSR count). The van der Waals surface area contributed by atoms with Crippen molar-refractivity contribution in [3.63, 3.8) is 0 Å². The van der Waals surface area contributed by atoms with Gasteiger partial charge in [0.2, 0.25) is 0 Å². The van der Waals surface area contributed by atoms with E-state index in [9.17, 15) is 4.79 Å². The smallest absolute Gasteiger partial charge is 0.251 e. The molecule has 0 aliphatic heterocycles. The van der Waals surface area contributed by atoms with E-state index in [-0.39, 0.29) is 11.9 Å². The van der Waals surface area contributed by atoms with Gasteiger partial charge in [-0.25, -0.2) is 4.98 Å². The molecule has 0 bridgehead atoms. The molecule has 134 valence electrons. The monoisotopic (exact) mass is 370 g/mol. The highest BCUT2D eigenvalue weighted by atomic mass is 35.5. The summed E-state index contributed by atoms with van der Waals surface area (Å²) in [5.74, 6) is 1.19. The first-order valence-electron chi connectivity index (χ1n) is 8.11. The zero-order chi connectivity index (χ0) is 18.7. The SMILES string of the molecule is COc1ccc(C(C)NC(=O)c2ccc3nc(Cl)ccc3c2)c(OC)c1. The van der Waals surface area contributed by atoms with Crippen LogP contribution in [0.1, 0.15) is 28.9 Å². The molecule has 26 heavy (non-hydrogen) atoms. The molecule has 0 aliphatic rings. The number of pyridine rings is 1. The van der Waals surface area contributed by atoms with Gasteiger partial charge in [-0.2, -0.15) is 0 Å². The van der Waals surface area contributed by atoms with Crippen molar-refractivity contribution in [3.05, 3.63) is 64.8 Å². The van der Waals surface area contributed by atoms with Crippen LogP contribution >= 0.6 is 11.6 Å². The molecule has 1 amide bonds. The number of carbonyl (C=O) groups excluding carboxylic acids is 1. The number of fused-ring (bicyclic) bond motifs is 1. The summed E-state index contributed by atoms with van der Waals surface area (Å²) in [7, 11) is 3.19. The van der Waals surface area contributed by atoms with Gasteiger partial charge in [0.05, 0.1) is 25.8 Å². The van der Waals surface area contributed by atoms with Gasteiger partial charge in [0.25, 0.3) is 5.91 Å². The number of methoxy groups -OCH3 is 2. The maximum Gasteiger partial charge on any atom is 0.251 e. The number of rotatable bonds is 5. The molecule has 1 aromatic heterocycles. The largest absolute Gasteiger partial charge is 0.497 e. The Morgan fingerprint density at radius 1 is 1.08 bits per heavy atom. The van der Waals surface area contributed by atoms with E-state index < -0.39 is 0 Å². The molecule has 1 N–H and O–H groups in total. The summed E-state index contributed by atoms with van der Waals surface area (Å²) in [6, 6.07) is 14.2.